The molecular formula is C9H8Br2N4O. The van der Waals surface area contributed by atoms with Crippen LogP contribution in [-0.2, 0) is 13.7 Å². The maximum absolute atomic E-state index is 5.59. The van der Waals surface area contributed by atoms with E-state index in [2.05, 4.69) is 47.4 Å². The van der Waals surface area contributed by atoms with Gasteiger partial charge in [0.05, 0.1) is 4.47 Å². The van der Waals surface area contributed by atoms with E-state index < -0.39 is 0 Å². The first-order valence-electron chi connectivity index (χ1n) is 4.46. The van der Waals surface area contributed by atoms with Crippen LogP contribution in [0.15, 0.2) is 27.1 Å². The molecule has 0 bridgehead atoms. The van der Waals surface area contributed by atoms with E-state index >= 15 is 0 Å². The van der Waals surface area contributed by atoms with Crippen LogP contribution in [0.4, 0.5) is 0 Å². The number of benzene rings is 1. The second-order valence-corrected chi connectivity index (χ2v) is 4.85. The van der Waals surface area contributed by atoms with E-state index in [-0.39, 0.29) is 0 Å². The summed E-state index contributed by atoms with van der Waals surface area (Å²) >= 11 is 6.79. The molecule has 2 aromatic rings. The highest BCUT2D eigenvalue weighted by molar-refractivity contribution is 9.11. The van der Waals surface area contributed by atoms with E-state index in [1.807, 2.05) is 18.2 Å². The first kappa shape index (κ1) is 11.5. The van der Waals surface area contributed by atoms with Crippen LogP contribution in [-0.4, -0.2) is 20.2 Å². The summed E-state index contributed by atoms with van der Waals surface area (Å²) in [6, 6.07) is 5.71. The Labute approximate surface area is 109 Å². The van der Waals surface area contributed by atoms with Gasteiger partial charge in [0.1, 0.15) is 12.4 Å². The molecule has 0 amide bonds. The molecule has 0 spiro atoms. The Balaban J connectivity index is 2.08. The molecule has 0 aliphatic carbocycles. The van der Waals surface area contributed by atoms with Gasteiger partial charge in [-0.25, -0.2) is 4.68 Å². The standard InChI is InChI=1S/C9H8Br2N4O/c1-15-9(12-13-14-15)5-16-8-3-2-6(10)4-7(8)11/h2-4H,5H2,1H3. The van der Waals surface area contributed by atoms with Crippen LogP contribution in [0.25, 0.3) is 0 Å². The van der Waals surface area contributed by atoms with Crippen molar-refractivity contribution in [3.63, 3.8) is 0 Å². The fourth-order valence-electron chi connectivity index (χ4n) is 1.10. The van der Waals surface area contributed by atoms with Crippen molar-refractivity contribution in [3.8, 4) is 5.75 Å². The van der Waals surface area contributed by atoms with Gasteiger partial charge >= 0.3 is 0 Å². The van der Waals surface area contributed by atoms with Gasteiger partial charge in [-0.2, -0.15) is 0 Å². The van der Waals surface area contributed by atoms with Gasteiger partial charge in [-0.3, -0.25) is 0 Å². The van der Waals surface area contributed by atoms with Gasteiger partial charge in [-0.1, -0.05) is 15.9 Å². The number of hydrogen-bond acceptors (Lipinski definition) is 4. The van der Waals surface area contributed by atoms with Crippen molar-refractivity contribution in [2.24, 2.45) is 7.05 Å². The minimum Gasteiger partial charge on any atom is -0.484 e. The van der Waals surface area contributed by atoms with Crippen LogP contribution in [0.1, 0.15) is 5.82 Å². The van der Waals surface area contributed by atoms with Gasteiger partial charge in [0.2, 0.25) is 0 Å². The molecule has 0 saturated carbocycles. The predicted molar refractivity (Wildman–Crippen MR) is 65.0 cm³/mol. The highest BCUT2D eigenvalue weighted by Gasteiger charge is 2.05. The second-order valence-electron chi connectivity index (χ2n) is 3.08. The van der Waals surface area contributed by atoms with Crippen molar-refractivity contribution in [2.75, 3.05) is 0 Å². The topological polar surface area (TPSA) is 52.8 Å². The van der Waals surface area contributed by atoms with Gasteiger partial charge < -0.3 is 4.74 Å². The Bertz CT molecular complexity index is 500. The fourth-order valence-corrected chi connectivity index (χ4v) is 2.27. The summed E-state index contributed by atoms with van der Waals surface area (Å²) in [4.78, 5) is 0. The molecule has 7 heteroatoms. The summed E-state index contributed by atoms with van der Waals surface area (Å²) in [7, 11) is 1.77. The Kier molecular flexibility index (Phi) is 3.55. The van der Waals surface area contributed by atoms with Gasteiger partial charge in [0.15, 0.2) is 5.82 Å². The molecule has 0 N–H and O–H groups in total. The molecule has 1 aromatic heterocycles. The number of tetrazole rings is 1. The van der Waals surface area contributed by atoms with E-state index in [4.69, 9.17) is 4.74 Å². The molecule has 1 heterocycles. The van der Waals surface area contributed by atoms with E-state index in [1.165, 1.54) is 0 Å². The number of hydrogen-bond donors (Lipinski definition) is 0. The number of halogens is 2. The molecule has 0 aliphatic rings. The fraction of sp³-hybridized carbons (Fsp3) is 0.222. The van der Waals surface area contributed by atoms with Crippen molar-refractivity contribution >= 4 is 31.9 Å². The van der Waals surface area contributed by atoms with Crippen molar-refractivity contribution in [1.29, 1.82) is 0 Å². The summed E-state index contributed by atoms with van der Waals surface area (Å²) < 4.78 is 9.04. The summed E-state index contributed by atoms with van der Waals surface area (Å²) in [5.74, 6) is 1.43. The maximum atomic E-state index is 5.59. The van der Waals surface area contributed by atoms with Gasteiger partial charge in [-0.15, -0.1) is 5.10 Å². The van der Waals surface area contributed by atoms with E-state index in [0.717, 1.165) is 14.7 Å². The third kappa shape index (κ3) is 2.59. The number of rotatable bonds is 3. The van der Waals surface area contributed by atoms with Crippen molar-refractivity contribution in [1.82, 2.24) is 20.2 Å². The Morgan fingerprint density at radius 1 is 1.38 bits per heavy atom. The van der Waals surface area contributed by atoms with Crippen molar-refractivity contribution in [2.45, 2.75) is 6.61 Å². The highest BCUT2D eigenvalue weighted by Crippen LogP contribution is 2.28. The predicted octanol–water partition coefficient (Wildman–Crippen LogP) is 2.31. The van der Waals surface area contributed by atoms with E-state index in [0.29, 0.717) is 12.4 Å². The number of aromatic nitrogens is 4. The van der Waals surface area contributed by atoms with Gasteiger partial charge in [-0.05, 0) is 44.6 Å². The summed E-state index contributed by atoms with van der Waals surface area (Å²) in [5, 5.41) is 11.1. The minimum absolute atomic E-state index is 0.337. The minimum atomic E-state index is 0.337. The third-order valence-corrected chi connectivity index (χ3v) is 3.07. The molecule has 0 saturated heterocycles. The normalized spacial score (nSPS) is 10.4. The monoisotopic (exact) mass is 346 g/mol. The van der Waals surface area contributed by atoms with Crippen LogP contribution >= 0.6 is 31.9 Å². The lowest BCUT2D eigenvalue weighted by Gasteiger charge is -2.07. The molecule has 2 rings (SSSR count). The lowest BCUT2D eigenvalue weighted by molar-refractivity contribution is 0.288. The van der Waals surface area contributed by atoms with Crippen molar-refractivity contribution in [3.05, 3.63) is 33.0 Å². The van der Waals surface area contributed by atoms with Crippen LogP contribution < -0.4 is 4.74 Å². The zero-order valence-electron chi connectivity index (χ0n) is 8.39. The van der Waals surface area contributed by atoms with E-state index in [1.54, 1.807) is 11.7 Å². The maximum Gasteiger partial charge on any atom is 0.188 e. The Morgan fingerprint density at radius 2 is 2.19 bits per heavy atom. The molecule has 16 heavy (non-hydrogen) atoms. The van der Waals surface area contributed by atoms with E-state index in [9.17, 15) is 0 Å². The smallest absolute Gasteiger partial charge is 0.188 e. The molecule has 0 unspecified atom stereocenters. The molecule has 0 fully saturated rings. The second kappa shape index (κ2) is 4.92. The van der Waals surface area contributed by atoms with Crippen LogP contribution in [0, 0.1) is 0 Å². The quantitative estimate of drug-likeness (QED) is 0.855. The van der Waals surface area contributed by atoms with Crippen LogP contribution in [0.5, 0.6) is 5.75 Å². The molecule has 5 nitrogen and oxygen atoms in total. The van der Waals surface area contributed by atoms with Gasteiger partial charge in [0.25, 0.3) is 0 Å². The molecule has 1 aromatic carbocycles. The Hall–Kier alpha value is -0.950. The first-order chi connectivity index (χ1) is 7.66. The number of ether oxygens (including phenoxy) is 1. The summed E-state index contributed by atoms with van der Waals surface area (Å²) in [6.07, 6.45) is 0. The first-order valence-corrected chi connectivity index (χ1v) is 6.04. The largest absolute Gasteiger partial charge is 0.484 e. The van der Waals surface area contributed by atoms with Crippen molar-refractivity contribution < 1.29 is 4.74 Å². The molecule has 0 aliphatic heterocycles. The third-order valence-electron chi connectivity index (χ3n) is 1.96. The highest BCUT2D eigenvalue weighted by atomic mass is 79.9. The SMILES string of the molecule is Cn1nnnc1COc1ccc(Br)cc1Br. The molecule has 0 atom stereocenters. The molecular weight excluding hydrogens is 340 g/mol. The molecule has 84 valence electrons. The average Bonchev–Trinajstić information content (AvgIpc) is 2.63. The lowest BCUT2D eigenvalue weighted by atomic mass is 10.3. The average molecular weight is 348 g/mol. The zero-order valence-corrected chi connectivity index (χ0v) is 11.6. The lowest BCUT2D eigenvalue weighted by Crippen LogP contribution is -2.04. The summed E-state index contributed by atoms with van der Waals surface area (Å²) in [6.45, 7) is 0.337. The Morgan fingerprint density at radius 3 is 2.81 bits per heavy atom. The molecule has 0 radical (unpaired) electrons. The zero-order chi connectivity index (χ0) is 11.5. The van der Waals surface area contributed by atoms with Gasteiger partial charge in [0, 0.05) is 11.5 Å². The van der Waals surface area contributed by atoms with Crippen LogP contribution in [0.2, 0.25) is 0 Å². The number of aryl methyl sites for hydroxylation is 1. The summed E-state index contributed by atoms with van der Waals surface area (Å²) in [5.41, 5.74) is 0. The van der Waals surface area contributed by atoms with Crippen LogP contribution in [0.3, 0.4) is 0 Å². The number of nitrogens with zero attached hydrogens (tertiary/aromatic N) is 4.